The summed E-state index contributed by atoms with van der Waals surface area (Å²) in [5.41, 5.74) is 0.662. The molecular weight excluding hydrogens is 239 g/mol. The maximum Gasteiger partial charge on any atom is 0.339 e. The van der Waals surface area contributed by atoms with Crippen LogP contribution in [0.15, 0.2) is 24.4 Å². The van der Waals surface area contributed by atoms with Crippen LogP contribution in [0.2, 0.25) is 0 Å². The van der Waals surface area contributed by atoms with E-state index >= 15 is 0 Å². The van der Waals surface area contributed by atoms with Crippen molar-refractivity contribution in [3.05, 3.63) is 35.8 Å². The third-order valence-electron chi connectivity index (χ3n) is 2.59. The highest BCUT2D eigenvalue weighted by Gasteiger charge is 2.20. The summed E-state index contributed by atoms with van der Waals surface area (Å²) < 4.78 is 19.8. The van der Waals surface area contributed by atoms with Crippen molar-refractivity contribution in [2.75, 3.05) is 7.11 Å². The molecule has 0 amide bonds. The molecule has 0 bridgehead atoms. The molecule has 0 aliphatic carbocycles. The molecule has 94 valence electrons. The zero-order chi connectivity index (χ0) is 13.3. The van der Waals surface area contributed by atoms with E-state index in [1.807, 2.05) is 0 Å². The van der Waals surface area contributed by atoms with Gasteiger partial charge in [0.2, 0.25) is 0 Å². The fraction of sp³-hybridized carbons (Fsp3) is 0.167. The zero-order valence-corrected chi connectivity index (χ0v) is 9.85. The van der Waals surface area contributed by atoms with E-state index < -0.39 is 11.8 Å². The molecule has 1 aromatic carbocycles. The van der Waals surface area contributed by atoms with E-state index in [2.05, 4.69) is 5.10 Å². The minimum absolute atomic E-state index is 0.00130. The average molecular weight is 250 g/mol. The molecule has 0 unspecified atom stereocenters. The van der Waals surface area contributed by atoms with Gasteiger partial charge in [0.1, 0.15) is 17.1 Å². The van der Waals surface area contributed by atoms with Gasteiger partial charge in [0.05, 0.1) is 19.0 Å². The Morgan fingerprint density at radius 2 is 2.22 bits per heavy atom. The van der Waals surface area contributed by atoms with Crippen LogP contribution in [0.5, 0.6) is 5.75 Å². The lowest BCUT2D eigenvalue weighted by atomic mass is 10.1. The first-order valence-corrected chi connectivity index (χ1v) is 5.13. The molecule has 0 spiro atoms. The van der Waals surface area contributed by atoms with Crippen LogP contribution >= 0.6 is 0 Å². The minimum atomic E-state index is -1.12. The van der Waals surface area contributed by atoms with E-state index in [0.717, 1.165) is 0 Å². The number of methoxy groups -OCH3 is 1. The lowest BCUT2D eigenvalue weighted by Crippen LogP contribution is -2.02. The van der Waals surface area contributed by atoms with E-state index in [4.69, 9.17) is 9.84 Å². The number of carboxylic acids is 1. The normalized spacial score (nSPS) is 10.4. The van der Waals surface area contributed by atoms with E-state index in [0.29, 0.717) is 17.0 Å². The Morgan fingerprint density at radius 1 is 1.50 bits per heavy atom. The highest BCUT2D eigenvalue weighted by Crippen LogP contribution is 2.32. The average Bonchev–Trinajstić information content (AvgIpc) is 2.71. The summed E-state index contributed by atoms with van der Waals surface area (Å²) in [6.07, 6.45) is 1.22. The van der Waals surface area contributed by atoms with Crippen molar-refractivity contribution >= 4 is 5.97 Å². The smallest absolute Gasteiger partial charge is 0.339 e. The van der Waals surface area contributed by atoms with Crippen LogP contribution in [-0.2, 0) is 7.05 Å². The number of hydrogen-bond donors (Lipinski definition) is 1. The summed E-state index contributed by atoms with van der Waals surface area (Å²) in [5.74, 6) is -1.20. The summed E-state index contributed by atoms with van der Waals surface area (Å²) >= 11 is 0. The molecule has 0 radical (unpaired) electrons. The number of aryl methyl sites for hydroxylation is 1. The van der Waals surface area contributed by atoms with Gasteiger partial charge in [-0.05, 0) is 18.2 Å². The fourth-order valence-corrected chi connectivity index (χ4v) is 1.78. The van der Waals surface area contributed by atoms with E-state index in [-0.39, 0.29) is 5.56 Å². The van der Waals surface area contributed by atoms with Gasteiger partial charge in [-0.25, -0.2) is 9.18 Å². The van der Waals surface area contributed by atoms with Crippen molar-refractivity contribution < 1.29 is 19.0 Å². The van der Waals surface area contributed by atoms with Crippen molar-refractivity contribution in [1.82, 2.24) is 9.78 Å². The van der Waals surface area contributed by atoms with Crippen molar-refractivity contribution in [2.24, 2.45) is 7.05 Å². The van der Waals surface area contributed by atoms with Crippen LogP contribution in [0, 0.1) is 5.82 Å². The predicted octanol–water partition coefficient (Wildman–Crippen LogP) is 1.93. The van der Waals surface area contributed by atoms with E-state index in [9.17, 15) is 9.18 Å². The topological polar surface area (TPSA) is 64.3 Å². The summed E-state index contributed by atoms with van der Waals surface area (Å²) in [4.78, 5) is 11.1. The lowest BCUT2D eigenvalue weighted by Gasteiger charge is -2.10. The molecule has 0 aliphatic heterocycles. The highest BCUT2D eigenvalue weighted by atomic mass is 19.1. The fourth-order valence-electron chi connectivity index (χ4n) is 1.78. The highest BCUT2D eigenvalue weighted by molar-refractivity contribution is 5.95. The van der Waals surface area contributed by atoms with Gasteiger partial charge in [0, 0.05) is 12.6 Å². The zero-order valence-electron chi connectivity index (χ0n) is 9.85. The van der Waals surface area contributed by atoms with Gasteiger partial charge in [0.15, 0.2) is 0 Å². The van der Waals surface area contributed by atoms with Crippen LogP contribution in [0.25, 0.3) is 11.3 Å². The van der Waals surface area contributed by atoms with Crippen molar-refractivity contribution in [3.63, 3.8) is 0 Å². The molecule has 0 atom stereocenters. The Labute approximate surface area is 102 Å². The predicted molar refractivity (Wildman–Crippen MR) is 62.1 cm³/mol. The molecule has 18 heavy (non-hydrogen) atoms. The molecule has 2 rings (SSSR count). The second-order valence-electron chi connectivity index (χ2n) is 3.68. The Morgan fingerprint density at radius 3 is 2.83 bits per heavy atom. The third kappa shape index (κ3) is 1.92. The number of carboxylic acid groups (broad SMARTS) is 1. The number of rotatable bonds is 3. The number of nitrogens with zero attached hydrogens (tertiary/aromatic N) is 2. The molecule has 5 nitrogen and oxygen atoms in total. The van der Waals surface area contributed by atoms with Crippen LogP contribution in [-0.4, -0.2) is 28.0 Å². The first-order valence-electron chi connectivity index (χ1n) is 5.13. The number of hydrogen-bond acceptors (Lipinski definition) is 3. The quantitative estimate of drug-likeness (QED) is 0.904. The molecule has 1 heterocycles. The maximum absolute atomic E-state index is 13.3. The van der Waals surface area contributed by atoms with Gasteiger partial charge in [-0.2, -0.15) is 5.10 Å². The standard InChI is InChI=1S/C12H11FN2O3/c1-15-11(9(6-14-15)12(16)17)8-5-7(13)3-4-10(8)18-2/h3-6H,1-2H3,(H,16,17). The third-order valence-corrected chi connectivity index (χ3v) is 2.59. The van der Waals surface area contributed by atoms with Gasteiger partial charge < -0.3 is 9.84 Å². The van der Waals surface area contributed by atoms with Crippen LogP contribution in [0.1, 0.15) is 10.4 Å². The minimum Gasteiger partial charge on any atom is -0.496 e. The number of ether oxygens (including phenoxy) is 1. The molecule has 0 saturated carbocycles. The number of halogens is 1. The van der Waals surface area contributed by atoms with Crippen LogP contribution < -0.4 is 4.74 Å². The molecule has 1 N–H and O–H groups in total. The van der Waals surface area contributed by atoms with Crippen LogP contribution in [0.4, 0.5) is 4.39 Å². The molecule has 6 heteroatoms. The molecular formula is C12H11FN2O3. The Kier molecular flexibility index (Phi) is 3.01. The molecule has 2 aromatic rings. The first-order chi connectivity index (χ1) is 8.54. The Balaban J connectivity index is 2.71. The maximum atomic E-state index is 13.3. The SMILES string of the molecule is COc1ccc(F)cc1-c1c(C(=O)O)cnn1C. The number of carbonyl (C=O) groups is 1. The van der Waals surface area contributed by atoms with Gasteiger partial charge >= 0.3 is 5.97 Å². The number of benzene rings is 1. The summed E-state index contributed by atoms with van der Waals surface area (Å²) in [5, 5.41) is 13.0. The first kappa shape index (κ1) is 12.1. The second-order valence-corrected chi connectivity index (χ2v) is 3.68. The monoisotopic (exact) mass is 250 g/mol. The Hall–Kier alpha value is -2.37. The van der Waals surface area contributed by atoms with Crippen molar-refractivity contribution in [3.8, 4) is 17.0 Å². The van der Waals surface area contributed by atoms with Gasteiger partial charge in [-0.1, -0.05) is 0 Å². The summed E-state index contributed by atoms with van der Waals surface area (Å²) in [6.45, 7) is 0. The Bertz CT molecular complexity index is 607. The molecule has 0 aliphatic rings. The van der Waals surface area contributed by atoms with E-state index in [1.165, 1.54) is 36.2 Å². The van der Waals surface area contributed by atoms with Crippen molar-refractivity contribution in [1.29, 1.82) is 0 Å². The van der Waals surface area contributed by atoms with Crippen LogP contribution in [0.3, 0.4) is 0 Å². The largest absolute Gasteiger partial charge is 0.496 e. The van der Waals surface area contributed by atoms with Gasteiger partial charge in [-0.15, -0.1) is 0 Å². The van der Waals surface area contributed by atoms with Gasteiger partial charge in [-0.3, -0.25) is 4.68 Å². The summed E-state index contributed by atoms with van der Waals surface area (Å²) in [7, 11) is 3.03. The molecule has 1 aromatic heterocycles. The number of aromatic nitrogens is 2. The lowest BCUT2D eigenvalue weighted by molar-refractivity contribution is 0.0697. The van der Waals surface area contributed by atoms with E-state index in [1.54, 1.807) is 7.05 Å². The van der Waals surface area contributed by atoms with Crippen molar-refractivity contribution in [2.45, 2.75) is 0 Å². The summed E-state index contributed by atoms with van der Waals surface area (Å²) in [6, 6.07) is 3.92. The second kappa shape index (κ2) is 4.48. The number of aromatic carboxylic acids is 1. The molecule has 0 fully saturated rings. The van der Waals surface area contributed by atoms with Gasteiger partial charge in [0.25, 0.3) is 0 Å². The molecule has 0 saturated heterocycles.